The molecule has 2 aromatic heterocycles. The summed E-state index contributed by atoms with van der Waals surface area (Å²) in [7, 11) is 0. The maximum atomic E-state index is 10.6. The molecule has 18 heavy (non-hydrogen) atoms. The van der Waals surface area contributed by atoms with Gasteiger partial charge in [-0.1, -0.05) is 11.6 Å². The van der Waals surface area contributed by atoms with E-state index in [2.05, 4.69) is 4.98 Å². The molecule has 2 heterocycles. The number of carbonyl (C=O) groups is 1. The van der Waals surface area contributed by atoms with Gasteiger partial charge in [-0.2, -0.15) is 0 Å². The molecule has 0 bridgehead atoms. The summed E-state index contributed by atoms with van der Waals surface area (Å²) in [6.45, 7) is 0. The van der Waals surface area contributed by atoms with E-state index in [0.717, 1.165) is 16.5 Å². The molecule has 3 rings (SSSR count). The Kier molecular flexibility index (Phi) is 2.61. The maximum absolute atomic E-state index is 10.6. The van der Waals surface area contributed by atoms with Crippen molar-refractivity contribution in [3.63, 3.8) is 0 Å². The molecule has 0 saturated heterocycles. The van der Waals surface area contributed by atoms with Crippen LogP contribution in [0.25, 0.3) is 22.2 Å². The van der Waals surface area contributed by atoms with Gasteiger partial charge in [0.05, 0.1) is 10.5 Å². The number of nitrogens with zero attached hydrogens (tertiary/aromatic N) is 1. The predicted octanol–water partition coefficient (Wildman–Crippen LogP) is 3.96. The number of pyridine rings is 1. The number of hydrogen-bond donors (Lipinski definition) is 0. The number of aldehydes is 1. The van der Waals surface area contributed by atoms with E-state index in [1.807, 2.05) is 18.2 Å². The van der Waals surface area contributed by atoms with Crippen LogP contribution in [0.4, 0.5) is 0 Å². The van der Waals surface area contributed by atoms with Crippen LogP contribution in [0.3, 0.4) is 0 Å². The third-order valence-corrected chi connectivity index (χ3v) is 3.05. The summed E-state index contributed by atoms with van der Waals surface area (Å²) in [6, 6.07) is 10.8. The lowest BCUT2D eigenvalue weighted by atomic mass is 10.1. The molecule has 88 valence electrons. The van der Waals surface area contributed by atoms with Gasteiger partial charge in [0, 0.05) is 17.1 Å². The van der Waals surface area contributed by atoms with Gasteiger partial charge >= 0.3 is 0 Å². The molecule has 3 aromatic rings. The van der Waals surface area contributed by atoms with Gasteiger partial charge in [-0.25, -0.2) is 0 Å². The van der Waals surface area contributed by atoms with Crippen LogP contribution in [0.1, 0.15) is 10.6 Å². The Morgan fingerprint density at radius 3 is 2.83 bits per heavy atom. The summed E-state index contributed by atoms with van der Waals surface area (Å²) in [4.78, 5) is 14.8. The summed E-state index contributed by atoms with van der Waals surface area (Å²) >= 11 is 6.12. The first-order valence-corrected chi connectivity index (χ1v) is 5.75. The fourth-order valence-electron chi connectivity index (χ4n) is 1.84. The number of furan rings is 1. The number of aromatic nitrogens is 1. The topological polar surface area (TPSA) is 43.1 Å². The first-order valence-electron chi connectivity index (χ1n) is 5.37. The van der Waals surface area contributed by atoms with Crippen molar-refractivity contribution < 1.29 is 9.21 Å². The molecule has 0 N–H and O–H groups in total. The molecular formula is C14H8ClNO2. The van der Waals surface area contributed by atoms with Crippen LogP contribution in [0.5, 0.6) is 0 Å². The number of benzene rings is 1. The molecule has 0 saturated carbocycles. The van der Waals surface area contributed by atoms with Crippen LogP contribution in [-0.2, 0) is 0 Å². The number of carbonyl (C=O) groups excluding carboxylic acids is 1. The molecule has 3 nitrogen and oxygen atoms in total. The van der Waals surface area contributed by atoms with E-state index in [1.165, 1.54) is 0 Å². The molecule has 0 spiro atoms. The van der Waals surface area contributed by atoms with Crippen LogP contribution in [-0.4, -0.2) is 11.3 Å². The standard InChI is InChI=1S/C14H8ClNO2/c15-12-5-6-16-13-3-1-9(7-11(12)13)14-4-2-10(8-17)18-14/h1-8H. The Labute approximate surface area is 108 Å². The largest absolute Gasteiger partial charge is 0.453 e. The highest BCUT2D eigenvalue weighted by Crippen LogP contribution is 2.28. The molecule has 0 aliphatic heterocycles. The third-order valence-electron chi connectivity index (χ3n) is 2.72. The van der Waals surface area contributed by atoms with Gasteiger partial charge in [-0.15, -0.1) is 0 Å². The van der Waals surface area contributed by atoms with Gasteiger partial charge in [0.25, 0.3) is 0 Å². The van der Waals surface area contributed by atoms with Crippen molar-refractivity contribution in [3.8, 4) is 11.3 Å². The fraction of sp³-hybridized carbons (Fsp3) is 0. The summed E-state index contributed by atoms with van der Waals surface area (Å²) in [5, 5.41) is 1.50. The molecule has 0 unspecified atom stereocenters. The molecule has 1 aromatic carbocycles. The zero-order valence-electron chi connectivity index (χ0n) is 9.26. The van der Waals surface area contributed by atoms with Crippen LogP contribution in [0.2, 0.25) is 5.02 Å². The second kappa shape index (κ2) is 4.27. The maximum Gasteiger partial charge on any atom is 0.185 e. The van der Waals surface area contributed by atoms with E-state index in [4.69, 9.17) is 16.0 Å². The number of hydrogen-bond acceptors (Lipinski definition) is 3. The summed E-state index contributed by atoms with van der Waals surface area (Å²) in [5.41, 5.74) is 1.69. The second-order valence-electron chi connectivity index (χ2n) is 3.84. The number of rotatable bonds is 2. The van der Waals surface area contributed by atoms with E-state index >= 15 is 0 Å². The van der Waals surface area contributed by atoms with Gasteiger partial charge in [-0.3, -0.25) is 9.78 Å². The minimum Gasteiger partial charge on any atom is -0.453 e. The lowest BCUT2D eigenvalue weighted by Gasteiger charge is -2.02. The SMILES string of the molecule is O=Cc1ccc(-c2ccc3nccc(Cl)c3c2)o1. The lowest BCUT2D eigenvalue weighted by Crippen LogP contribution is -1.81. The molecule has 0 radical (unpaired) electrons. The normalized spacial score (nSPS) is 10.7. The zero-order valence-corrected chi connectivity index (χ0v) is 10.0. The highest BCUT2D eigenvalue weighted by molar-refractivity contribution is 6.35. The monoisotopic (exact) mass is 257 g/mol. The van der Waals surface area contributed by atoms with E-state index in [9.17, 15) is 4.79 Å². The summed E-state index contributed by atoms with van der Waals surface area (Å²) in [6.07, 6.45) is 2.35. The molecule has 0 aliphatic carbocycles. The van der Waals surface area contributed by atoms with Gasteiger partial charge in [-0.05, 0) is 36.4 Å². The number of halogens is 1. The molecule has 0 aliphatic rings. The lowest BCUT2D eigenvalue weighted by molar-refractivity contribution is 0.110. The van der Waals surface area contributed by atoms with Crippen molar-refractivity contribution in [1.82, 2.24) is 4.98 Å². The van der Waals surface area contributed by atoms with Crippen LogP contribution in [0, 0.1) is 0 Å². The Balaban J connectivity index is 2.18. The third kappa shape index (κ3) is 1.79. The molecule has 0 atom stereocenters. The number of fused-ring (bicyclic) bond motifs is 1. The molecule has 0 fully saturated rings. The summed E-state index contributed by atoms with van der Waals surface area (Å²) < 4.78 is 5.38. The quantitative estimate of drug-likeness (QED) is 0.653. The van der Waals surface area contributed by atoms with Crippen molar-refractivity contribution in [2.24, 2.45) is 0 Å². The molecule has 4 heteroatoms. The van der Waals surface area contributed by atoms with Gasteiger partial charge in [0.15, 0.2) is 12.0 Å². The van der Waals surface area contributed by atoms with E-state index in [0.29, 0.717) is 22.8 Å². The zero-order chi connectivity index (χ0) is 12.5. The minimum absolute atomic E-state index is 0.308. The molecular weight excluding hydrogens is 250 g/mol. The minimum atomic E-state index is 0.308. The summed E-state index contributed by atoms with van der Waals surface area (Å²) in [5.74, 6) is 0.946. The average molecular weight is 258 g/mol. The van der Waals surface area contributed by atoms with Crippen LogP contribution in [0.15, 0.2) is 47.0 Å². The van der Waals surface area contributed by atoms with Crippen molar-refractivity contribution in [2.45, 2.75) is 0 Å². The smallest absolute Gasteiger partial charge is 0.185 e. The Bertz CT molecular complexity index is 733. The first kappa shape index (κ1) is 11.0. The van der Waals surface area contributed by atoms with Crippen molar-refractivity contribution >= 4 is 28.8 Å². The average Bonchev–Trinajstić information content (AvgIpc) is 2.88. The highest BCUT2D eigenvalue weighted by atomic mass is 35.5. The van der Waals surface area contributed by atoms with E-state index < -0.39 is 0 Å². The second-order valence-corrected chi connectivity index (χ2v) is 4.25. The molecule has 0 amide bonds. The Morgan fingerprint density at radius 1 is 1.17 bits per heavy atom. The van der Waals surface area contributed by atoms with Crippen molar-refractivity contribution in [1.29, 1.82) is 0 Å². The van der Waals surface area contributed by atoms with Crippen molar-refractivity contribution in [3.05, 3.63) is 53.4 Å². The first-order chi connectivity index (χ1) is 8.78. The highest BCUT2D eigenvalue weighted by Gasteiger charge is 2.07. The van der Waals surface area contributed by atoms with Gasteiger partial charge < -0.3 is 4.42 Å². The predicted molar refractivity (Wildman–Crippen MR) is 69.8 cm³/mol. The van der Waals surface area contributed by atoms with Gasteiger partial charge in [0.2, 0.25) is 0 Å². The van der Waals surface area contributed by atoms with E-state index in [-0.39, 0.29) is 0 Å². The Hall–Kier alpha value is -2.13. The Morgan fingerprint density at radius 2 is 2.06 bits per heavy atom. The van der Waals surface area contributed by atoms with Crippen LogP contribution >= 0.6 is 11.6 Å². The van der Waals surface area contributed by atoms with Crippen molar-refractivity contribution in [2.75, 3.05) is 0 Å². The van der Waals surface area contributed by atoms with Gasteiger partial charge in [0.1, 0.15) is 5.76 Å². The van der Waals surface area contributed by atoms with E-state index in [1.54, 1.807) is 24.4 Å². The van der Waals surface area contributed by atoms with Crippen LogP contribution < -0.4 is 0 Å². The fourth-order valence-corrected chi connectivity index (χ4v) is 2.04.